The first-order valence-corrected chi connectivity index (χ1v) is 6.31. The van der Waals surface area contributed by atoms with E-state index in [1.807, 2.05) is 0 Å². The molecule has 88 valence electrons. The van der Waals surface area contributed by atoms with E-state index >= 15 is 0 Å². The molecule has 2 fully saturated rings. The molecule has 1 aliphatic carbocycles. The van der Waals surface area contributed by atoms with Gasteiger partial charge in [-0.15, -0.1) is 0 Å². The molecule has 3 N–H and O–H groups in total. The second kappa shape index (κ2) is 4.81. The van der Waals surface area contributed by atoms with E-state index in [4.69, 9.17) is 10.5 Å². The zero-order valence-electron chi connectivity index (χ0n) is 9.80. The van der Waals surface area contributed by atoms with E-state index in [0.717, 1.165) is 13.0 Å². The molecule has 1 saturated heterocycles. The van der Waals surface area contributed by atoms with E-state index in [9.17, 15) is 0 Å². The molecule has 2 rings (SSSR count). The van der Waals surface area contributed by atoms with Gasteiger partial charge in [0.05, 0.1) is 6.61 Å². The van der Waals surface area contributed by atoms with Crippen LogP contribution in [0.1, 0.15) is 45.4 Å². The fraction of sp³-hybridized carbons (Fsp3) is 1.00. The maximum Gasteiger partial charge on any atom is 0.0632 e. The van der Waals surface area contributed by atoms with E-state index in [1.165, 1.54) is 32.1 Å². The molecule has 3 heteroatoms. The van der Waals surface area contributed by atoms with Crippen LogP contribution in [0.25, 0.3) is 0 Å². The van der Waals surface area contributed by atoms with Crippen molar-refractivity contribution in [2.24, 2.45) is 5.73 Å². The van der Waals surface area contributed by atoms with Crippen LogP contribution < -0.4 is 11.1 Å². The van der Waals surface area contributed by atoms with Crippen molar-refractivity contribution in [1.82, 2.24) is 5.32 Å². The number of nitrogens with two attached hydrogens (primary N) is 1. The van der Waals surface area contributed by atoms with Crippen LogP contribution in [-0.2, 0) is 4.74 Å². The molecule has 0 amide bonds. The number of ether oxygens (including phenoxy) is 1. The van der Waals surface area contributed by atoms with Crippen LogP contribution in [0.15, 0.2) is 0 Å². The zero-order valence-corrected chi connectivity index (χ0v) is 9.80. The standard InChI is InChI=1S/C12H24N2O/c1-12(6-3-2-4-7-12)14-11-5-8-15-9-10(11)13/h10-11,14H,2-9,13H2,1H3/t10-,11-/m1/s1. The van der Waals surface area contributed by atoms with E-state index < -0.39 is 0 Å². The summed E-state index contributed by atoms with van der Waals surface area (Å²) in [6, 6.07) is 0.638. The van der Waals surface area contributed by atoms with Gasteiger partial charge in [0.15, 0.2) is 0 Å². The van der Waals surface area contributed by atoms with Crippen LogP contribution in [0.5, 0.6) is 0 Å². The fourth-order valence-electron chi connectivity index (χ4n) is 2.86. The van der Waals surface area contributed by atoms with E-state index in [1.54, 1.807) is 0 Å². The first-order chi connectivity index (χ1) is 7.20. The molecule has 0 unspecified atom stereocenters. The van der Waals surface area contributed by atoms with Crippen molar-refractivity contribution in [3.8, 4) is 0 Å². The molecule has 3 nitrogen and oxygen atoms in total. The average Bonchev–Trinajstić information content (AvgIpc) is 2.22. The second-order valence-electron chi connectivity index (χ2n) is 5.40. The van der Waals surface area contributed by atoms with Gasteiger partial charge in [-0.05, 0) is 26.2 Å². The van der Waals surface area contributed by atoms with E-state index in [0.29, 0.717) is 18.2 Å². The highest BCUT2D eigenvalue weighted by molar-refractivity contribution is 4.93. The number of rotatable bonds is 2. The first-order valence-electron chi connectivity index (χ1n) is 6.31. The molecule has 0 bridgehead atoms. The van der Waals surface area contributed by atoms with Crippen molar-refractivity contribution in [1.29, 1.82) is 0 Å². The summed E-state index contributed by atoms with van der Waals surface area (Å²) >= 11 is 0. The lowest BCUT2D eigenvalue weighted by Crippen LogP contribution is -2.58. The smallest absolute Gasteiger partial charge is 0.0632 e. The summed E-state index contributed by atoms with van der Waals surface area (Å²) in [6.45, 7) is 3.93. The summed E-state index contributed by atoms with van der Waals surface area (Å²) in [5.41, 5.74) is 6.40. The lowest BCUT2D eigenvalue weighted by atomic mass is 9.82. The zero-order chi connectivity index (χ0) is 10.7. The Kier molecular flexibility index (Phi) is 3.65. The van der Waals surface area contributed by atoms with Crippen molar-refractivity contribution < 1.29 is 4.74 Å². The summed E-state index contributed by atoms with van der Waals surface area (Å²) in [4.78, 5) is 0. The topological polar surface area (TPSA) is 47.3 Å². The summed E-state index contributed by atoms with van der Waals surface area (Å²) in [5, 5.41) is 3.78. The lowest BCUT2D eigenvalue weighted by molar-refractivity contribution is 0.0489. The number of hydrogen-bond donors (Lipinski definition) is 2. The highest BCUT2D eigenvalue weighted by Crippen LogP contribution is 2.28. The highest BCUT2D eigenvalue weighted by Gasteiger charge is 2.32. The van der Waals surface area contributed by atoms with Gasteiger partial charge in [0.1, 0.15) is 0 Å². The van der Waals surface area contributed by atoms with Gasteiger partial charge in [-0.1, -0.05) is 19.3 Å². The molecule has 1 heterocycles. The van der Waals surface area contributed by atoms with Crippen LogP contribution in [0, 0.1) is 0 Å². The molecule has 0 aromatic heterocycles. The molecule has 0 radical (unpaired) electrons. The quantitative estimate of drug-likeness (QED) is 0.727. The lowest BCUT2D eigenvalue weighted by Gasteiger charge is -2.41. The monoisotopic (exact) mass is 212 g/mol. The van der Waals surface area contributed by atoms with Gasteiger partial charge in [0.25, 0.3) is 0 Å². The second-order valence-corrected chi connectivity index (χ2v) is 5.40. The van der Waals surface area contributed by atoms with Crippen LogP contribution in [0.3, 0.4) is 0 Å². The van der Waals surface area contributed by atoms with Crippen LogP contribution >= 0.6 is 0 Å². The Morgan fingerprint density at radius 2 is 2.00 bits per heavy atom. The largest absolute Gasteiger partial charge is 0.380 e. The van der Waals surface area contributed by atoms with Crippen LogP contribution in [0.2, 0.25) is 0 Å². The number of nitrogens with one attached hydrogen (secondary N) is 1. The van der Waals surface area contributed by atoms with Gasteiger partial charge >= 0.3 is 0 Å². The Bertz CT molecular complexity index is 202. The van der Waals surface area contributed by atoms with Crippen molar-refractivity contribution in [3.63, 3.8) is 0 Å². The predicted molar refractivity (Wildman–Crippen MR) is 61.8 cm³/mol. The third kappa shape index (κ3) is 2.92. The fourth-order valence-corrected chi connectivity index (χ4v) is 2.86. The maximum atomic E-state index is 6.07. The predicted octanol–water partition coefficient (Wildman–Crippen LogP) is 1.41. The van der Waals surface area contributed by atoms with Gasteiger partial charge in [0, 0.05) is 24.2 Å². The Morgan fingerprint density at radius 3 is 2.67 bits per heavy atom. The molecule has 1 aliphatic heterocycles. The Morgan fingerprint density at radius 1 is 1.27 bits per heavy atom. The molecular formula is C12H24N2O. The molecule has 2 atom stereocenters. The maximum absolute atomic E-state index is 6.07. The summed E-state index contributed by atoms with van der Waals surface area (Å²) in [6.07, 6.45) is 7.80. The van der Waals surface area contributed by atoms with Gasteiger partial charge in [-0.25, -0.2) is 0 Å². The Balaban J connectivity index is 1.88. The third-order valence-corrected chi connectivity index (χ3v) is 3.89. The molecule has 1 saturated carbocycles. The van der Waals surface area contributed by atoms with Crippen molar-refractivity contribution in [2.75, 3.05) is 13.2 Å². The minimum Gasteiger partial charge on any atom is -0.380 e. The van der Waals surface area contributed by atoms with Gasteiger partial charge < -0.3 is 15.8 Å². The molecule has 0 aromatic rings. The Hall–Kier alpha value is -0.120. The summed E-state index contributed by atoms with van der Waals surface area (Å²) in [7, 11) is 0. The normalized spacial score (nSPS) is 36.4. The molecule has 0 spiro atoms. The Labute approximate surface area is 92.7 Å². The molecular weight excluding hydrogens is 188 g/mol. The van der Waals surface area contributed by atoms with Gasteiger partial charge in [0.2, 0.25) is 0 Å². The molecule has 2 aliphatic rings. The molecule has 0 aromatic carbocycles. The van der Waals surface area contributed by atoms with Crippen molar-refractivity contribution in [3.05, 3.63) is 0 Å². The SMILES string of the molecule is CC1(N[C@@H]2CCOC[C@H]2N)CCCCC1. The molecule has 15 heavy (non-hydrogen) atoms. The third-order valence-electron chi connectivity index (χ3n) is 3.89. The van der Waals surface area contributed by atoms with Crippen LogP contribution in [-0.4, -0.2) is 30.8 Å². The summed E-state index contributed by atoms with van der Waals surface area (Å²) < 4.78 is 5.37. The summed E-state index contributed by atoms with van der Waals surface area (Å²) in [5.74, 6) is 0. The van der Waals surface area contributed by atoms with Crippen LogP contribution in [0.4, 0.5) is 0 Å². The number of hydrogen-bond acceptors (Lipinski definition) is 3. The van der Waals surface area contributed by atoms with Crippen molar-refractivity contribution >= 4 is 0 Å². The average molecular weight is 212 g/mol. The van der Waals surface area contributed by atoms with E-state index in [-0.39, 0.29) is 6.04 Å². The van der Waals surface area contributed by atoms with Gasteiger partial charge in [-0.2, -0.15) is 0 Å². The highest BCUT2D eigenvalue weighted by atomic mass is 16.5. The minimum absolute atomic E-state index is 0.178. The van der Waals surface area contributed by atoms with Crippen molar-refractivity contribution in [2.45, 2.75) is 63.1 Å². The minimum atomic E-state index is 0.178. The van der Waals surface area contributed by atoms with Gasteiger partial charge in [-0.3, -0.25) is 0 Å². The first kappa shape index (κ1) is 11.4. The van der Waals surface area contributed by atoms with E-state index in [2.05, 4.69) is 12.2 Å².